The van der Waals surface area contributed by atoms with Crippen LogP contribution in [-0.4, -0.2) is 18.1 Å². The lowest BCUT2D eigenvalue weighted by Gasteiger charge is -1.92. The summed E-state index contributed by atoms with van der Waals surface area (Å²) in [6.07, 6.45) is 4.40. The third-order valence-electron chi connectivity index (χ3n) is 1.33. The summed E-state index contributed by atoms with van der Waals surface area (Å²) in [5.41, 5.74) is 0.623. The van der Waals surface area contributed by atoms with Crippen LogP contribution in [0.5, 0.6) is 0 Å². The normalized spacial score (nSPS) is 10.3. The Balaban J connectivity index is 2.74. The highest BCUT2D eigenvalue weighted by molar-refractivity contribution is 6.30. The maximum absolute atomic E-state index is 10.7. The van der Waals surface area contributed by atoms with E-state index in [0.717, 1.165) is 0 Å². The van der Waals surface area contributed by atoms with Gasteiger partial charge in [0.15, 0.2) is 0 Å². The highest BCUT2D eigenvalue weighted by atomic mass is 35.5. The van der Waals surface area contributed by atoms with E-state index in [0.29, 0.717) is 10.7 Å². The lowest BCUT2D eigenvalue weighted by molar-refractivity contribution is -0.134. The van der Waals surface area contributed by atoms with Crippen molar-refractivity contribution in [3.8, 4) is 0 Å². The van der Waals surface area contributed by atoms with Gasteiger partial charge in [0.2, 0.25) is 0 Å². The van der Waals surface area contributed by atoms with Crippen LogP contribution in [0.25, 0.3) is 6.08 Å². The first kappa shape index (κ1) is 9.74. The SMILES string of the molecule is COC(=O)/C=C/c1cc(Cl)ccn1. The highest BCUT2D eigenvalue weighted by Crippen LogP contribution is 2.08. The Hall–Kier alpha value is -1.35. The van der Waals surface area contributed by atoms with E-state index in [-0.39, 0.29) is 0 Å². The van der Waals surface area contributed by atoms with Gasteiger partial charge in [0.1, 0.15) is 0 Å². The van der Waals surface area contributed by atoms with Gasteiger partial charge in [0.05, 0.1) is 12.8 Å². The Morgan fingerprint density at radius 3 is 3.08 bits per heavy atom. The molecule has 0 aliphatic carbocycles. The molecule has 0 saturated heterocycles. The molecular formula is C9H8ClNO2. The van der Waals surface area contributed by atoms with E-state index in [9.17, 15) is 4.79 Å². The van der Waals surface area contributed by atoms with Crippen LogP contribution in [0.15, 0.2) is 24.4 Å². The predicted molar refractivity (Wildman–Crippen MR) is 50.3 cm³/mol. The van der Waals surface area contributed by atoms with E-state index in [1.807, 2.05) is 0 Å². The second kappa shape index (κ2) is 4.62. The Bertz CT molecular complexity index is 336. The van der Waals surface area contributed by atoms with Crippen molar-refractivity contribution < 1.29 is 9.53 Å². The van der Waals surface area contributed by atoms with Crippen LogP contribution in [0, 0.1) is 0 Å². The molecule has 3 nitrogen and oxygen atoms in total. The molecule has 0 aromatic carbocycles. The topological polar surface area (TPSA) is 39.2 Å². The Morgan fingerprint density at radius 2 is 2.46 bits per heavy atom. The number of nitrogens with zero attached hydrogens (tertiary/aromatic N) is 1. The van der Waals surface area contributed by atoms with Gasteiger partial charge in [-0.25, -0.2) is 4.79 Å². The number of esters is 1. The fourth-order valence-electron chi connectivity index (χ4n) is 0.734. The molecule has 0 aliphatic heterocycles. The second-order valence-corrected chi connectivity index (χ2v) is 2.69. The van der Waals surface area contributed by atoms with Crippen LogP contribution in [0.2, 0.25) is 5.02 Å². The maximum atomic E-state index is 10.7. The van der Waals surface area contributed by atoms with Gasteiger partial charge in [-0.15, -0.1) is 0 Å². The molecule has 1 aromatic heterocycles. The lowest BCUT2D eigenvalue weighted by Crippen LogP contribution is -1.93. The van der Waals surface area contributed by atoms with Crippen molar-refractivity contribution in [3.63, 3.8) is 0 Å². The first-order chi connectivity index (χ1) is 6.22. The molecule has 0 atom stereocenters. The third kappa shape index (κ3) is 3.25. The number of pyridine rings is 1. The fourth-order valence-corrected chi connectivity index (χ4v) is 0.902. The number of rotatable bonds is 2. The molecule has 1 aromatic rings. The molecule has 0 spiro atoms. The van der Waals surface area contributed by atoms with Crippen molar-refractivity contribution in [3.05, 3.63) is 35.1 Å². The minimum atomic E-state index is -0.415. The van der Waals surface area contributed by atoms with Gasteiger partial charge in [-0.1, -0.05) is 11.6 Å². The van der Waals surface area contributed by atoms with E-state index < -0.39 is 5.97 Å². The molecule has 0 fully saturated rings. The van der Waals surface area contributed by atoms with Gasteiger partial charge in [-0.2, -0.15) is 0 Å². The van der Waals surface area contributed by atoms with Gasteiger partial charge in [0, 0.05) is 17.3 Å². The summed E-state index contributed by atoms with van der Waals surface area (Å²) in [5.74, 6) is -0.415. The van der Waals surface area contributed by atoms with Gasteiger partial charge in [0.25, 0.3) is 0 Å². The number of ether oxygens (including phenoxy) is 1. The van der Waals surface area contributed by atoms with Gasteiger partial charge in [-0.3, -0.25) is 4.98 Å². The maximum Gasteiger partial charge on any atom is 0.330 e. The van der Waals surface area contributed by atoms with Crippen LogP contribution in [0.4, 0.5) is 0 Å². The molecule has 68 valence electrons. The fraction of sp³-hybridized carbons (Fsp3) is 0.111. The minimum absolute atomic E-state index is 0.415. The molecule has 0 unspecified atom stereocenters. The van der Waals surface area contributed by atoms with Crippen LogP contribution in [-0.2, 0) is 9.53 Å². The zero-order valence-electron chi connectivity index (χ0n) is 7.03. The average Bonchev–Trinajstić information content (AvgIpc) is 2.14. The largest absolute Gasteiger partial charge is 0.466 e. The number of hydrogen-bond donors (Lipinski definition) is 0. The second-order valence-electron chi connectivity index (χ2n) is 2.26. The first-order valence-electron chi connectivity index (χ1n) is 3.60. The summed E-state index contributed by atoms with van der Waals surface area (Å²) in [6.45, 7) is 0. The van der Waals surface area contributed by atoms with Crippen LogP contribution < -0.4 is 0 Å². The molecule has 13 heavy (non-hydrogen) atoms. The minimum Gasteiger partial charge on any atom is -0.466 e. The standard InChI is InChI=1S/C9H8ClNO2/c1-13-9(12)3-2-8-6-7(10)4-5-11-8/h2-6H,1H3/b3-2+. The van der Waals surface area contributed by atoms with Gasteiger partial charge < -0.3 is 4.74 Å². The molecule has 0 aliphatic rings. The Kier molecular flexibility index (Phi) is 3.46. The van der Waals surface area contributed by atoms with E-state index in [1.54, 1.807) is 18.3 Å². The lowest BCUT2D eigenvalue weighted by atomic mass is 10.3. The van der Waals surface area contributed by atoms with Crippen LogP contribution >= 0.6 is 11.6 Å². The number of methoxy groups -OCH3 is 1. The monoisotopic (exact) mass is 197 g/mol. The average molecular weight is 198 g/mol. The molecule has 0 saturated carbocycles. The van der Waals surface area contributed by atoms with Crippen molar-refractivity contribution in [2.75, 3.05) is 7.11 Å². The van der Waals surface area contributed by atoms with Crippen LogP contribution in [0.3, 0.4) is 0 Å². The van der Waals surface area contributed by atoms with Crippen molar-refractivity contribution in [2.24, 2.45) is 0 Å². The van der Waals surface area contributed by atoms with Gasteiger partial charge >= 0.3 is 5.97 Å². The summed E-state index contributed by atoms with van der Waals surface area (Å²) >= 11 is 5.70. The molecule has 1 rings (SSSR count). The quantitative estimate of drug-likeness (QED) is 0.537. The summed E-state index contributed by atoms with van der Waals surface area (Å²) in [7, 11) is 1.32. The van der Waals surface area contributed by atoms with E-state index >= 15 is 0 Å². The van der Waals surface area contributed by atoms with E-state index in [2.05, 4.69) is 9.72 Å². The van der Waals surface area contributed by atoms with E-state index in [1.165, 1.54) is 19.3 Å². The van der Waals surface area contributed by atoms with Crippen LogP contribution in [0.1, 0.15) is 5.69 Å². The van der Waals surface area contributed by atoms with Gasteiger partial charge in [-0.05, 0) is 18.2 Å². The summed E-state index contributed by atoms with van der Waals surface area (Å²) in [6, 6.07) is 3.32. The Labute approximate surface area is 81.0 Å². The number of halogens is 1. The molecule has 0 amide bonds. The number of carbonyl (C=O) groups excluding carboxylic acids is 1. The van der Waals surface area contributed by atoms with E-state index in [4.69, 9.17) is 11.6 Å². The zero-order valence-corrected chi connectivity index (χ0v) is 7.78. The third-order valence-corrected chi connectivity index (χ3v) is 1.57. The first-order valence-corrected chi connectivity index (χ1v) is 3.98. The highest BCUT2D eigenvalue weighted by Gasteiger charge is 1.93. The molecular weight excluding hydrogens is 190 g/mol. The van der Waals surface area contributed by atoms with Crippen molar-refractivity contribution in [1.82, 2.24) is 4.98 Å². The molecule has 4 heteroatoms. The number of carbonyl (C=O) groups is 1. The summed E-state index contributed by atoms with van der Waals surface area (Å²) < 4.78 is 4.42. The molecule has 0 bridgehead atoms. The molecule has 1 heterocycles. The molecule has 0 radical (unpaired) electrons. The van der Waals surface area contributed by atoms with Crippen molar-refractivity contribution in [1.29, 1.82) is 0 Å². The zero-order chi connectivity index (χ0) is 9.68. The summed E-state index contributed by atoms with van der Waals surface area (Å²) in [5, 5.41) is 0.583. The van der Waals surface area contributed by atoms with Crippen molar-refractivity contribution >= 4 is 23.6 Å². The number of hydrogen-bond acceptors (Lipinski definition) is 3. The molecule has 0 N–H and O–H groups in total. The smallest absolute Gasteiger partial charge is 0.330 e. The summed E-state index contributed by atoms with van der Waals surface area (Å²) in [4.78, 5) is 14.7. The van der Waals surface area contributed by atoms with Crippen molar-refractivity contribution in [2.45, 2.75) is 0 Å². The number of aromatic nitrogens is 1. The Morgan fingerprint density at radius 1 is 1.69 bits per heavy atom. The predicted octanol–water partition coefficient (Wildman–Crippen LogP) is 1.92.